The van der Waals surface area contributed by atoms with Crippen LogP contribution in [0.2, 0.25) is 0 Å². The van der Waals surface area contributed by atoms with E-state index in [-0.39, 0.29) is 11.3 Å². The Hall–Kier alpha value is -1.38. The minimum Gasteiger partial charge on any atom is -0.267 e. The molecule has 0 amide bonds. The van der Waals surface area contributed by atoms with Crippen molar-refractivity contribution in [3.05, 3.63) is 29.6 Å². The fourth-order valence-electron chi connectivity index (χ4n) is 1.24. The molecule has 82 valence electrons. The number of hydrogen-bond acceptors (Lipinski definition) is 2. The topological polar surface area (TPSA) is 34.9 Å². The zero-order valence-corrected chi connectivity index (χ0v) is 10.0. The molecule has 15 heavy (non-hydrogen) atoms. The molecule has 0 aliphatic heterocycles. The van der Waals surface area contributed by atoms with Gasteiger partial charge in [0.05, 0.1) is 5.69 Å². The molecule has 1 aromatic heterocycles. The maximum Gasteiger partial charge on any atom is 0.270 e. The van der Waals surface area contributed by atoms with Gasteiger partial charge in [0, 0.05) is 11.8 Å². The fraction of sp³-hybridized carbons (Fsp3) is 0.500. The number of rotatable bonds is 1. The number of hydrogen-bond donors (Lipinski definition) is 0. The van der Waals surface area contributed by atoms with Crippen LogP contribution in [0.25, 0.3) is 0 Å². The summed E-state index contributed by atoms with van der Waals surface area (Å²) in [5.74, 6) is -0.0875. The Kier molecular flexibility index (Phi) is 3.12. The Morgan fingerprint density at radius 3 is 2.40 bits per heavy atom. The van der Waals surface area contributed by atoms with Crippen LogP contribution in [0.15, 0.2) is 18.2 Å². The molecule has 0 fully saturated rings. The van der Waals surface area contributed by atoms with Crippen LogP contribution in [-0.4, -0.2) is 15.7 Å². The molecule has 1 aromatic rings. The fourth-order valence-corrected chi connectivity index (χ4v) is 1.24. The second-order valence-electron chi connectivity index (χ2n) is 4.88. The highest BCUT2D eigenvalue weighted by Crippen LogP contribution is 2.14. The molecule has 0 saturated carbocycles. The average molecular weight is 206 g/mol. The van der Waals surface area contributed by atoms with Crippen LogP contribution in [-0.2, 0) is 0 Å². The predicted octanol–water partition coefficient (Wildman–Crippen LogP) is 2.74. The van der Waals surface area contributed by atoms with Crippen LogP contribution in [0.1, 0.15) is 37.0 Å². The molecular formula is C12H18N2O. The van der Waals surface area contributed by atoms with Gasteiger partial charge in [-0.3, -0.25) is 4.79 Å². The van der Waals surface area contributed by atoms with Crippen molar-refractivity contribution in [1.29, 1.82) is 0 Å². The second-order valence-corrected chi connectivity index (χ2v) is 4.88. The number of carbonyl (C=O) groups excluding carboxylic acids is 1. The normalized spacial score (nSPS) is 12.3. The SMILES string of the molecule is Cc1cc(C)n(C(=O)/C=C/C(C)(C)C)n1. The molecule has 0 spiro atoms. The molecule has 3 nitrogen and oxygen atoms in total. The molecule has 0 aliphatic carbocycles. The van der Waals surface area contributed by atoms with Gasteiger partial charge in [-0.05, 0) is 25.3 Å². The van der Waals surface area contributed by atoms with E-state index in [1.807, 2.05) is 26.0 Å². The third-order valence-electron chi connectivity index (χ3n) is 1.94. The van der Waals surface area contributed by atoms with E-state index in [0.29, 0.717) is 0 Å². The van der Waals surface area contributed by atoms with Crippen LogP contribution < -0.4 is 0 Å². The summed E-state index contributed by atoms with van der Waals surface area (Å²) in [4.78, 5) is 11.7. The first-order valence-corrected chi connectivity index (χ1v) is 5.06. The van der Waals surface area contributed by atoms with Crippen LogP contribution >= 0.6 is 0 Å². The monoisotopic (exact) mass is 206 g/mol. The lowest BCUT2D eigenvalue weighted by Gasteiger charge is -2.10. The Bertz CT molecular complexity index is 394. The zero-order chi connectivity index (χ0) is 11.6. The molecule has 0 atom stereocenters. The molecule has 0 unspecified atom stereocenters. The highest BCUT2D eigenvalue weighted by Gasteiger charge is 2.09. The molecular weight excluding hydrogens is 188 g/mol. The van der Waals surface area contributed by atoms with Crippen LogP contribution in [0, 0.1) is 19.3 Å². The van der Waals surface area contributed by atoms with Gasteiger partial charge < -0.3 is 0 Å². The van der Waals surface area contributed by atoms with Crippen LogP contribution in [0.3, 0.4) is 0 Å². The van der Waals surface area contributed by atoms with E-state index in [9.17, 15) is 4.79 Å². The summed E-state index contributed by atoms with van der Waals surface area (Å²) in [6.45, 7) is 9.92. The number of carbonyl (C=O) groups is 1. The van der Waals surface area contributed by atoms with Crippen molar-refractivity contribution >= 4 is 5.91 Å². The van der Waals surface area contributed by atoms with Gasteiger partial charge in [0.25, 0.3) is 5.91 Å². The average Bonchev–Trinajstić information content (AvgIpc) is 2.40. The lowest BCUT2D eigenvalue weighted by Crippen LogP contribution is -2.12. The highest BCUT2D eigenvalue weighted by atomic mass is 16.2. The molecule has 0 aliphatic rings. The van der Waals surface area contributed by atoms with Crippen molar-refractivity contribution in [2.45, 2.75) is 34.6 Å². The Balaban J connectivity index is 2.87. The number of aryl methyl sites for hydroxylation is 2. The molecule has 1 rings (SSSR count). The van der Waals surface area contributed by atoms with Gasteiger partial charge in [-0.1, -0.05) is 26.8 Å². The quantitative estimate of drug-likeness (QED) is 0.662. The summed E-state index contributed by atoms with van der Waals surface area (Å²) >= 11 is 0. The molecule has 0 radical (unpaired) electrons. The molecule has 1 heterocycles. The molecule has 0 bridgehead atoms. The van der Waals surface area contributed by atoms with Crippen molar-refractivity contribution in [1.82, 2.24) is 9.78 Å². The van der Waals surface area contributed by atoms with E-state index >= 15 is 0 Å². The second kappa shape index (κ2) is 4.01. The van der Waals surface area contributed by atoms with E-state index < -0.39 is 0 Å². The van der Waals surface area contributed by atoms with E-state index in [2.05, 4.69) is 25.9 Å². The molecule has 0 N–H and O–H groups in total. The zero-order valence-electron chi connectivity index (χ0n) is 10.0. The summed E-state index contributed by atoms with van der Waals surface area (Å²) in [7, 11) is 0. The van der Waals surface area contributed by atoms with E-state index in [4.69, 9.17) is 0 Å². The molecule has 3 heteroatoms. The van der Waals surface area contributed by atoms with Crippen LogP contribution in [0.4, 0.5) is 0 Å². The van der Waals surface area contributed by atoms with Gasteiger partial charge in [0.1, 0.15) is 0 Å². The van der Waals surface area contributed by atoms with Crippen molar-refractivity contribution in [3.8, 4) is 0 Å². The Morgan fingerprint density at radius 1 is 1.40 bits per heavy atom. The first-order valence-electron chi connectivity index (χ1n) is 5.06. The van der Waals surface area contributed by atoms with Gasteiger partial charge in [-0.2, -0.15) is 5.10 Å². The number of nitrogens with zero attached hydrogens (tertiary/aromatic N) is 2. The van der Waals surface area contributed by atoms with Crippen molar-refractivity contribution in [2.24, 2.45) is 5.41 Å². The van der Waals surface area contributed by atoms with Crippen LogP contribution in [0.5, 0.6) is 0 Å². The van der Waals surface area contributed by atoms with Crippen molar-refractivity contribution in [3.63, 3.8) is 0 Å². The maximum absolute atomic E-state index is 11.7. The van der Waals surface area contributed by atoms with Gasteiger partial charge >= 0.3 is 0 Å². The summed E-state index contributed by atoms with van der Waals surface area (Å²) in [5.41, 5.74) is 1.76. The van der Waals surface area contributed by atoms with Gasteiger partial charge in [0.15, 0.2) is 0 Å². The Labute approximate surface area is 90.8 Å². The molecule has 0 aromatic carbocycles. The van der Waals surface area contributed by atoms with E-state index in [0.717, 1.165) is 11.4 Å². The third-order valence-corrected chi connectivity index (χ3v) is 1.94. The number of allylic oxidation sites excluding steroid dienone is 2. The standard InChI is InChI=1S/C12H18N2O/c1-9-8-10(2)14(13-9)11(15)6-7-12(3,4)5/h6-8H,1-5H3/b7-6+. The molecule has 0 saturated heterocycles. The van der Waals surface area contributed by atoms with Crippen molar-refractivity contribution in [2.75, 3.05) is 0 Å². The lowest BCUT2D eigenvalue weighted by molar-refractivity contribution is 0.0950. The third kappa shape index (κ3) is 3.35. The van der Waals surface area contributed by atoms with Gasteiger partial charge in [-0.15, -0.1) is 0 Å². The van der Waals surface area contributed by atoms with Gasteiger partial charge in [-0.25, -0.2) is 4.68 Å². The first kappa shape index (κ1) is 11.7. The Morgan fingerprint density at radius 2 is 2.00 bits per heavy atom. The summed E-state index contributed by atoms with van der Waals surface area (Å²) < 4.78 is 1.43. The lowest BCUT2D eigenvalue weighted by atomic mass is 9.96. The van der Waals surface area contributed by atoms with E-state index in [1.165, 1.54) is 4.68 Å². The first-order chi connectivity index (χ1) is 6.79. The summed E-state index contributed by atoms with van der Waals surface area (Å²) in [6, 6.07) is 1.89. The minimum absolute atomic E-state index is 0.0196. The highest BCUT2D eigenvalue weighted by molar-refractivity contribution is 5.89. The number of aromatic nitrogens is 2. The largest absolute Gasteiger partial charge is 0.270 e. The summed E-state index contributed by atoms with van der Waals surface area (Å²) in [6.07, 6.45) is 3.48. The van der Waals surface area contributed by atoms with Crippen molar-refractivity contribution < 1.29 is 4.79 Å². The van der Waals surface area contributed by atoms with Gasteiger partial charge in [0.2, 0.25) is 0 Å². The maximum atomic E-state index is 11.7. The minimum atomic E-state index is -0.0875. The smallest absolute Gasteiger partial charge is 0.267 e. The predicted molar refractivity (Wildman–Crippen MR) is 60.9 cm³/mol. The van der Waals surface area contributed by atoms with E-state index in [1.54, 1.807) is 6.08 Å². The summed E-state index contributed by atoms with van der Waals surface area (Å²) in [5, 5.41) is 4.13.